The molecular formula is C18H19N3O3. The third kappa shape index (κ3) is 3.59. The summed E-state index contributed by atoms with van der Waals surface area (Å²) in [5.74, 6) is -1.09. The molecule has 0 saturated heterocycles. The maximum atomic E-state index is 12.5. The molecule has 6 nitrogen and oxygen atoms in total. The van der Waals surface area contributed by atoms with Crippen molar-refractivity contribution in [3.8, 4) is 0 Å². The molecule has 24 heavy (non-hydrogen) atoms. The zero-order valence-electron chi connectivity index (χ0n) is 13.2. The first-order valence-corrected chi connectivity index (χ1v) is 8.06. The molecule has 1 aliphatic rings. The summed E-state index contributed by atoms with van der Waals surface area (Å²) in [7, 11) is 0. The smallest absolute Gasteiger partial charge is 0.356 e. The minimum Gasteiger partial charge on any atom is -0.476 e. The molecule has 0 radical (unpaired) electrons. The summed E-state index contributed by atoms with van der Waals surface area (Å²) in [5.41, 5.74) is 1.02. The van der Waals surface area contributed by atoms with Crippen molar-refractivity contribution in [1.29, 1.82) is 0 Å². The highest BCUT2D eigenvalue weighted by molar-refractivity contribution is 5.93. The number of hydrogen-bond acceptors (Lipinski definition) is 4. The van der Waals surface area contributed by atoms with Gasteiger partial charge in [-0.15, -0.1) is 0 Å². The summed E-state index contributed by atoms with van der Waals surface area (Å²) in [5, 5.41) is 11.9. The van der Waals surface area contributed by atoms with Crippen LogP contribution in [0.25, 0.3) is 0 Å². The van der Waals surface area contributed by atoms with E-state index in [-0.39, 0.29) is 23.3 Å². The number of nitrogens with zero attached hydrogens (tertiary/aromatic N) is 2. The topological polar surface area (TPSA) is 92.2 Å². The number of rotatable bonds is 5. The largest absolute Gasteiger partial charge is 0.476 e. The van der Waals surface area contributed by atoms with Gasteiger partial charge in [-0.05, 0) is 24.3 Å². The number of aromatic nitrogens is 2. The van der Waals surface area contributed by atoms with Crippen LogP contribution in [0.2, 0.25) is 0 Å². The molecule has 1 atom stereocenters. The minimum absolute atomic E-state index is 0.0675. The standard InChI is InChI=1S/C18H19N3O3/c22-17(14-10-20-15(11-19-14)18(23)24)21-16(13-8-4-5-9-13)12-6-2-1-3-7-12/h1-3,6-7,10-11,13,16H,4-5,8-9H2,(H,21,22)(H,23,24). The molecule has 1 aromatic heterocycles. The van der Waals surface area contributed by atoms with Crippen LogP contribution in [0.15, 0.2) is 42.7 Å². The quantitative estimate of drug-likeness (QED) is 0.882. The predicted molar refractivity (Wildman–Crippen MR) is 87.6 cm³/mol. The highest BCUT2D eigenvalue weighted by Gasteiger charge is 2.28. The fourth-order valence-corrected chi connectivity index (χ4v) is 3.20. The summed E-state index contributed by atoms with van der Waals surface area (Å²) in [6.07, 6.45) is 6.83. The molecule has 2 N–H and O–H groups in total. The highest BCUT2D eigenvalue weighted by Crippen LogP contribution is 2.35. The molecule has 0 aliphatic heterocycles. The van der Waals surface area contributed by atoms with Crippen LogP contribution in [-0.4, -0.2) is 27.0 Å². The molecule has 1 saturated carbocycles. The van der Waals surface area contributed by atoms with E-state index in [4.69, 9.17) is 5.11 Å². The fraction of sp³-hybridized carbons (Fsp3) is 0.333. The van der Waals surface area contributed by atoms with Gasteiger partial charge in [0.2, 0.25) is 0 Å². The number of benzene rings is 1. The van der Waals surface area contributed by atoms with Gasteiger partial charge >= 0.3 is 5.97 Å². The Morgan fingerprint density at radius 1 is 1.04 bits per heavy atom. The van der Waals surface area contributed by atoms with E-state index in [2.05, 4.69) is 15.3 Å². The van der Waals surface area contributed by atoms with Gasteiger partial charge in [0, 0.05) is 0 Å². The fourth-order valence-electron chi connectivity index (χ4n) is 3.20. The van der Waals surface area contributed by atoms with Gasteiger partial charge in [0.05, 0.1) is 18.4 Å². The van der Waals surface area contributed by atoms with Gasteiger partial charge in [0.1, 0.15) is 5.69 Å². The molecule has 1 amide bonds. The zero-order chi connectivity index (χ0) is 16.9. The minimum atomic E-state index is -1.16. The van der Waals surface area contributed by atoms with Crippen molar-refractivity contribution in [3.05, 3.63) is 59.7 Å². The van der Waals surface area contributed by atoms with Gasteiger partial charge in [0.15, 0.2) is 5.69 Å². The Hall–Kier alpha value is -2.76. The number of hydrogen-bond donors (Lipinski definition) is 2. The Labute approximate surface area is 140 Å². The second-order valence-electron chi connectivity index (χ2n) is 6.00. The van der Waals surface area contributed by atoms with Gasteiger partial charge in [0.25, 0.3) is 5.91 Å². The van der Waals surface area contributed by atoms with E-state index in [0.29, 0.717) is 5.92 Å². The number of nitrogens with one attached hydrogen (secondary N) is 1. The van der Waals surface area contributed by atoms with Crippen molar-refractivity contribution < 1.29 is 14.7 Å². The average molecular weight is 325 g/mol. The van der Waals surface area contributed by atoms with Crippen LogP contribution >= 0.6 is 0 Å². The molecule has 6 heteroatoms. The molecule has 0 bridgehead atoms. The zero-order valence-corrected chi connectivity index (χ0v) is 13.2. The van der Waals surface area contributed by atoms with E-state index in [9.17, 15) is 9.59 Å². The lowest BCUT2D eigenvalue weighted by Crippen LogP contribution is -2.33. The van der Waals surface area contributed by atoms with Gasteiger partial charge in [-0.2, -0.15) is 0 Å². The third-order valence-electron chi connectivity index (χ3n) is 4.42. The molecule has 1 aliphatic carbocycles. The van der Waals surface area contributed by atoms with Gasteiger partial charge in [-0.3, -0.25) is 4.79 Å². The number of carbonyl (C=O) groups excluding carboxylic acids is 1. The lowest BCUT2D eigenvalue weighted by molar-refractivity contribution is 0.0688. The monoisotopic (exact) mass is 325 g/mol. The van der Waals surface area contributed by atoms with Crippen molar-refractivity contribution in [2.24, 2.45) is 5.92 Å². The second kappa shape index (κ2) is 7.21. The average Bonchev–Trinajstić information content (AvgIpc) is 3.14. The number of amides is 1. The van der Waals surface area contributed by atoms with Crippen molar-refractivity contribution >= 4 is 11.9 Å². The van der Waals surface area contributed by atoms with E-state index in [1.807, 2.05) is 30.3 Å². The van der Waals surface area contributed by atoms with Crippen LogP contribution < -0.4 is 5.32 Å². The van der Waals surface area contributed by atoms with Crippen LogP contribution in [0.1, 0.15) is 58.3 Å². The van der Waals surface area contributed by atoms with E-state index in [1.54, 1.807) is 0 Å². The predicted octanol–water partition coefficient (Wildman–Crippen LogP) is 2.84. The number of carbonyl (C=O) groups is 2. The van der Waals surface area contributed by atoms with Crippen LogP contribution in [0, 0.1) is 5.92 Å². The Bertz CT molecular complexity index is 710. The molecular weight excluding hydrogens is 306 g/mol. The first-order valence-electron chi connectivity index (χ1n) is 8.06. The van der Waals surface area contributed by atoms with E-state index < -0.39 is 5.97 Å². The lowest BCUT2D eigenvalue weighted by atomic mass is 9.91. The third-order valence-corrected chi connectivity index (χ3v) is 4.42. The summed E-state index contributed by atoms with van der Waals surface area (Å²) < 4.78 is 0. The van der Waals surface area contributed by atoms with E-state index in [0.717, 1.165) is 24.6 Å². The summed E-state index contributed by atoms with van der Waals surface area (Å²) in [4.78, 5) is 31.0. The maximum absolute atomic E-state index is 12.5. The normalized spacial score (nSPS) is 15.8. The summed E-state index contributed by atoms with van der Waals surface area (Å²) in [6.45, 7) is 0. The van der Waals surface area contributed by atoms with Crippen LogP contribution in [0.4, 0.5) is 0 Å². The van der Waals surface area contributed by atoms with Gasteiger partial charge in [-0.25, -0.2) is 14.8 Å². The van der Waals surface area contributed by atoms with Gasteiger partial charge < -0.3 is 10.4 Å². The summed E-state index contributed by atoms with van der Waals surface area (Å²) in [6, 6.07) is 9.84. The van der Waals surface area contributed by atoms with Crippen LogP contribution in [0.5, 0.6) is 0 Å². The highest BCUT2D eigenvalue weighted by atomic mass is 16.4. The SMILES string of the molecule is O=C(O)c1cnc(C(=O)NC(c2ccccc2)C2CCCC2)cn1. The Balaban J connectivity index is 1.79. The van der Waals surface area contributed by atoms with E-state index in [1.165, 1.54) is 19.0 Å². The molecule has 1 aromatic carbocycles. The van der Waals surface area contributed by atoms with Crippen molar-refractivity contribution in [1.82, 2.24) is 15.3 Å². The molecule has 1 fully saturated rings. The van der Waals surface area contributed by atoms with Crippen LogP contribution in [-0.2, 0) is 0 Å². The van der Waals surface area contributed by atoms with Crippen molar-refractivity contribution in [2.75, 3.05) is 0 Å². The Kier molecular flexibility index (Phi) is 4.84. The van der Waals surface area contributed by atoms with Crippen molar-refractivity contribution in [2.45, 2.75) is 31.7 Å². The molecule has 124 valence electrons. The van der Waals surface area contributed by atoms with Gasteiger partial charge in [-0.1, -0.05) is 43.2 Å². The second-order valence-corrected chi connectivity index (χ2v) is 6.00. The molecule has 1 heterocycles. The molecule has 3 rings (SSSR count). The summed E-state index contributed by atoms with van der Waals surface area (Å²) >= 11 is 0. The number of carboxylic acids is 1. The lowest BCUT2D eigenvalue weighted by Gasteiger charge is -2.25. The van der Waals surface area contributed by atoms with Crippen LogP contribution in [0.3, 0.4) is 0 Å². The number of carboxylic acid groups (broad SMARTS) is 1. The Morgan fingerprint density at radius 2 is 1.67 bits per heavy atom. The Morgan fingerprint density at radius 3 is 2.25 bits per heavy atom. The van der Waals surface area contributed by atoms with E-state index >= 15 is 0 Å². The first kappa shape index (κ1) is 16.1. The van der Waals surface area contributed by atoms with Crippen molar-refractivity contribution in [3.63, 3.8) is 0 Å². The molecule has 2 aromatic rings. The maximum Gasteiger partial charge on any atom is 0.356 e. The number of aromatic carboxylic acids is 1. The first-order chi connectivity index (χ1) is 11.6. The molecule has 1 unspecified atom stereocenters. The molecule has 0 spiro atoms.